The number of thiophene rings is 1. The van der Waals surface area contributed by atoms with Gasteiger partial charge in [-0.05, 0) is 45.3 Å². The predicted octanol–water partition coefficient (Wildman–Crippen LogP) is 5.24. The number of anilines is 1. The monoisotopic (exact) mass is 465 g/mol. The van der Waals surface area contributed by atoms with E-state index in [1.54, 1.807) is 11.0 Å². The maximum atomic E-state index is 14.0. The molecule has 0 bridgehead atoms. The van der Waals surface area contributed by atoms with Gasteiger partial charge >= 0.3 is 0 Å². The van der Waals surface area contributed by atoms with Crippen molar-refractivity contribution in [1.82, 2.24) is 9.88 Å². The molecule has 0 aliphatic heterocycles. The highest BCUT2D eigenvalue weighted by molar-refractivity contribution is 7.22. The minimum atomic E-state index is -0.724. The van der Waals surface area contributed by atoms with Crippen LogP contribution in [0.4, 0.5) is 13.9 Å². The van der Waals surface area contributed by atoms with Crippen molar-refractivity contribution in [2.24, 2.45) is 0 Å². The number of carbonyl (C=O) groups excluding carboxylic acids is 1. The summed E-state index contributed by atoms with van der Waals surface area (Å²) in [6.45, 7) is 1.24. The molecule has 0 aliphatic rings. The van der Waals surface area contributed by atoms with E-state index in [0.29, 0.717) is 20.7 Å². The first-order valence-electron chi connectivity index (χ1n) is 8.28. The Morgan fingerprint density at radius 2 is 1.93 bits per heavy atom. The van der Waals surface area contributed by atoms with E-state index in [1.807, 2.05) is 25.1 Å². The molecule has 3 rings (SSSR count). The Morgan fingerprint density at radius 1 is 1.18 bits per heavy atom. The van der Waals surface area contributed by atoms with Crippen LogP contribution in [0.15, 0.2) is 24.3 Å². The zero-order valence-corrected chi connectivity index (χ0v) is 18.5. The number of amides is 1. The van der Waals surface area contributed by atoms with Crippen molar-refractivity contribution in [2.75, 3.05) is 32.1 Å². The van der Waals surface area contributed by atoms with Gasteiger partial charge in [-0.2, -0.15) is 0 Å². The molecule has 3 aromatic rings. The van der Waals surface area contributed by atoms with E-state index in [9.17, 15) is 13.6 Å². The summed E-state index contributed by atoms with van der Waals surface area (Å²) in [5, 5.41) is 0.376. The van der Waals surface area contributed by atoms with Gasteiger partial charge < -0.3 is 4.90 Å². The standard InChI is InChI=1S/C18H18ClF2N3OS2.ClH/c1-23(2)6-3-7-24(16(25)10-12-4-5-15(19)26-12)18-22-17-13(21)8-11(20)9-14(17)27-18;/h4-5,8-9H,3,6-7,10H2,1-2H3;1H. The van der Waals surface area contributed by atoms with Crippen molar-refractivity contribution in [2.45, 2.75) is 12.8 Å². The van der Waals surface area contributed by atoms with Gasteiger partial charge in [0.1, 0.15) is 11.3 Å². The maximum absolute atomic E-state index is 14.0. The lowest BCUT2D eigenvalue weighted by atomic mass is 10.3. The second-order valence-electron chi connectivity index (χ2n) is 6.32. The van der Waals surface area contributed by atoms with Crippen molar-refractivity contribution >= 4 is 67.9 Å². The van der Waals surface area contributed by atoms with Gasteiger partial charge in [-0.1, -0.05) is 22.9 Å². The molecule has 0 unspecified atom stereocenters. The molecule has 0 aliphatic carbocycles. The minimum absolute atomic E-state index is 0. The lowest BCUT2D eigenvalue weighted by Gasteiger charge is -2.20. The normalized spacial score (nSPS) is 11.1. The molecule has 0 spiro atoms. The van der Waals surface area contributed by atoms with Gasteiger partial charge in [0.15, 0.2) is 10.9 Å². The van der Waals surface area contributed by atoms with Gasteiger partial charge in [0.2, 0.25) is 5.91 Å². The molecule has 0 radical (unpaired) electrons. The fourth-order valence-corrected chi connectivity index (χ4v) is 4.75. The van der Waals surface area contributed by atoms with Gasteiger partial charge in [-0.25, -0.2) is 13.8 Å². The molecule has 2 heterocycles. The molecule has 28 heavy (non-hydrogen) atoms. The van der Waals surface area contributed by atoms with Crippen LogP contribution in [0.5, 0.6) is 0 Å². The second kappa shape index (κ2) is 9.93. The SMILES string of the molecule is CN(C)CCCN(C(=O)Cc1ccc(Cl)s1)c1nc2c(F)cc(F)cc2s1.Cl. The summed E-state index contributed by atoms with van der Waals surface area (Å²) in [6, 6.07) is 5.61. The summed E-state index contributed by atoms with van der Waals surface area (Å²) < 4.78 is 28.5. The van der Waals surface area contributed by atoms with Crippen molar-refractivity contribution < 1.29 is 13.6 Å². The third kappa shape index (κ3) is 5.61. The molecular weight excluding hydrogens is 447 g/mol. The highest BCUT2D eigenvalue weighted by Crippen LogP contribution is 2.32. The van der Waals surface area contributed by atoms with Crippen molar-refractivity contribution in [3.63, 3.8) is 0 Å². The van der Waals surface area contributed by atoms with E-state index in [1.165, 1.54) is 17.4 Å². The van der Waals surface area contributed by atoms with E-state index in [2.05, 4.69) is 4.98 Å². The molecule has 152 valence electrons. The van der Waals surface area contributed by atoms with Crippen molar-refractivity contribution in [1.29, 1.82) is 0 Å². The van der Waals surface area contributed by atoms with Gasteiger partial charge in [0, 0.05) is 17.5 Å². The van der Waals surface area contributed by atoms with E-state index in [4.69, 9.17) is 11.6 Å². The lowest BCUT2D eigenvalue weighted by molar-refractivity contribution is -0.118. The van der Waals surface area contributed by atoms with Crippen LogP contribution in [-0.4, -0.2) is 43.0 Å². The first-order chi connectivity index (χ1) is 12.8. The van der Waals surface area contributed by atoms with Crippen LogP contribution in [0.3, 0.4) is 0 Å². The molecule has 1 aromatic carbocycles. The summed E-state index contributed by atoms with van der Waals surface area (Å²) in [5.41, 5.74) is 0.0842. The van der Waals surface area contributed by atoms with Crippen LogP contribution in [0, 0.1) is 11.6 Å². The molecule has 0 atom stereocenters. The average Bonchev–Trinajstić information content (AvgIpc) is 3.17. The lowest BCUT2D eigenvalue weighted by Crippen LogP contribution is -2.34. The Balaban J connectivity index is 0.00000280. The Morgan fingerprint density at radius 3 is 2.57 bits per heavy atom. The zero-order valence-electron chi connectivity index (χ0n) is 15.2. The topological polar surface area (TPSA) is 36.4 Å². The van der Waals surface area contributed by atoms with Crippen molar-refractivity contribution in [3.8, 4) is 0 Å². The second-order valence-corrected chi connectivity index (χ2v) is 9.12. The Hall–Kier alpha value is -1.32. The third-order valence-electron chi connectivity index (χ3n) is 3.88. The van der Waals surface area contributed by atoms with Crippen LogP contribution in [0.1, 0.15) is 11.3 Å². The number of halogens is 4. The first kappa shape index (κ1) is 23.0. The fourth-order valence-electron chi connectivity index (χ4n) is 2.62. The molecule has 0 fully saturated rings. The molecule has 0 N–H and O–H groups in total. The smallest absolute Gasteiger partial charge is 0.234 e. The molecule has 2 aromatic heterocycles. The van der Waals surface area contributed by atoms with Crippen LogP contribution in [-0.2, 0) is 11.2 Å². The Labute approximate surface area is 181 Å². The largest absolute Gasteiger partial charge is 0.309 e. The molecule has 1 amide bonds. The molecule has 4 nitrogen and oxygen atoms in total. The number of aromatic nitrogens is 1. The van der Waals surface area contributed by atoms with Gasteiger partial charge in [-0.3, -0.25) is 9.69 Å². The van der Waals surface area contributed by atoms with E-state index in [-0.39, 0.29) is 30.3 Å². The first-order valence-corrected chi connectivity index (χ1v) is 10.3. The fraction of sp³-hybridized carbons (Fsp3) is 0.333. The quantitative estimate of drug-likeness (QED) is 0.478. The molecule has 0 saturated heterocycles. The molecule has 0 saturated carbocycles. The van der Waals surface area contributed by atoms with Crippen LogP contribution in [0.25, 0.3) is 10.2 Å². The third-order valence-corrected chi connectivity index (χ3v) is 6.13. The summed E-state index contributed by atoms with van der Waals surface area (Å²) >= 11 is 8.41. The van der Waals surface area contributed by atoms with Gasteiger partial charge in [0.25, 0.3) is 0 Å². The Kier molecular flexibility index (Phi) is 8.15. The number of fused-ring (bicyclic) bond motifs is 1. The summed E-state index contributed by atoms with van der Waals surface area (Å²) in [5.74, 6) is -1.53. The van der Waals surface area contributed by atoms with Crippen LogP contribution in [0.2, 0.25) is 4.34 Å². The molecule has 10 heteroatoms. The minimum Gasteiger partial charge on any atom is -0.309 e. The van der Waals surface area contributed by atoms with Crippen molar-refractivity contribution in [3.05, 3.63) is 45.1 Å². The van der Waals surface area contributed by atoms with E-state index >= 15 is 0 Å². The summed E-state index contributed by atoms with van der Waals surface area (Å²) in [6.07, 6.45) is 0.919. The van der Waals surface area contributed by atoms with Gasteiger partial charge in [-0.15, -0.1) is 23.7 Å². The highest BCUT2D eigenvalue weighted by atomic mass is 35.5. The number of carbonyl (C=O) groups is 1. The molecular formula is C18H19Cl2F2N3OS2. The highest BCUT2D eigenvalue weighted by Gasteiger charge is 2.22. The number of thiazole rings is 1. The summed E-state index contributed by atoms with van der Waals surface area (Å²) in [7, 11) is 3.91. The maximum Gasteiger partial charge on any atom is 0.234 e. The number of hydrogen-bond donors (Lipinski definition) is 0. The average molecular weight is 466 g/mol. The number of benzene rings is 1. The van der Waals surface area contributed by atoms with E-state index in [0.717, 1.165) is 35.2 Å². The van der Waals surface area contributed by atoms with Crippen LogP contribution < -0.4 is 4.90 Å². The Bertz CT molecular complexity index is 962. The summed E-state index contributed by atoms with van der Waals surface area (Å²) in [4.78, 5) is 21.6. The predicted molar refractivity (Wildman–Crippen MR) is 115 cm³/mol. The van der Waals surface area contributed by atoms with Gasteiger partial charge in [0.05, 0.1) is 15.5 Å². The number of nitrogens with zero attached hydrogens (tertiary/aromatic N) is 3. The zero-order chi connectivity index (χ0) is 19.6. The van der Waals surface area contributed by atoms with Crippen LogP contribution >= 0.6 is 46.7 Å². The number of rotatable bonds is 7. The number of hydrogen-bond acceptors (Lipinski definition) is 5. The van der Waals surface area contributed by atoms with E-state index < -0.39 is 11.6 Å².